The van der Waals surface area contributed by atoms with Crippen LogP contribution < -0.4 is 20.5 Å². The van der Waals surface area contributed by atoms with Gasteiger partial charge in [0.1, 0.15) is 17.5 Å². The summed E-state index contributed by atoms with van der Waals surface area (Å²) >= 11 is 0. The molecule has 0 saturated carbocycles. The van der Waals surface area contributed by atoms with Crippen molar-refractivity contribution in [2.75, 3.05) is 13.7 Å². The van der Waals surface area contributed by atoms with Crippen molar-refractivity contribution in [1.82, 2.24) is 5.32 Å². The number of methoxy groups -OCH3 is 1. The number of carboxylic acids is 1. The number of ether oxygens (including phenoxy) is 2. The van der Waals surface area contributed by atoms with Gasteiger partial charge >= 0.3 is 5.97 Å². The number of primary amides is 1. The van der Waals surface area contributed by atoms with Crippen molar-refractivity contribution in [2.24, 2.45) is 5.73 Å². The molecule has 1 aromatic rings. The number of amides is 2. The summed E-state index contributed by atoms with van der Waals surface area (Å²) in [6.07, 6.45) is 0.424. The lowest BCUT2D eigenvalue weighted by Crippen LogP contribution is -2.41. The molecule has 0 aromatic heterocycles. The van der Waals surface area contributed by atoms with Crippen LogP contribution in [0.2, 0.25) is 0 Å². The lowest BCUT2D eigenvalue weighted by Gasteiger charge is -2.13. The van der Waals surface area contributed by atoms with Crippen molar-refractivity contribution < 1.29 is 29.0 Å². The van der Waals surface area contributed by atoms with Crippen LogP contribution in [-0.2, 0) is 14.4 Å². The monoisotopic (exact) mass is 338 g/mol. The van der Waals surface area contributed by atoms with E-state index in [0.29, 0.717) is 18.8 Å². The fourth-order valence-electron chi connectivity index (χ4n) is 1.91. The molecule has 0 aliphatic heterocycles. The van der Waals surface area contributed by atoms with E-state index < -0.39 is 23.8 Å². The number of carboxylic acid groups (broad SMARTS) is 1. The molecule has 1 aromatic carbocycles. The maximum Gasteiger partial charge on any atom is 0.326 e. The first-order valence-corrected chi connectivity index (χ1v) is 7.49. The Morgan fingerprint density at radius 2 is 1.79 bits per heavy atom. The van der Waals surface area contributed by atoms with E-state index in [2.05, 4.69) is 5.32 Å². The molecule has 0 heterocycles. The Morgan fingerprint density at radius 3 is 2.33 bits per heavy atom. The van der Waals surface area contributed by atoms with Crippen LogP contribution in [0, 0.1) is 0 Å². The van der Waals surface area contributed by atoms with E-state index in [-0.39, 0.29) is 19.3 Å². The molecule has 132 valence electrons. The summed E-state index contributed by atoms with van der Waals surface area (Å²) in [5.74, 6) is -0.842. The minimum absolute atomic E-state index is 0.0290. The number of carbonyl (C=O) groups excluding carboxylic acids is 2. The molecule has 0 radical (unpaired) electrons. The van der Waals surface area contributed by atoms with Gasteiger partial charge in [-0.25, -0.2) is 4.79 Å². The Balaban J connectivity index is 2.28. The quantitative estimate of drug-likeness (QED) is 0.509. The van der Waals surface area contributed by atoms with Crippen LogP contribution in [-0.4, -0.2) is 42.6 Å². The smallest absolute Gasteiger partial charge is 0.326 e. The van der Waals surface area contributed by atoms with Gasteiger partial charge in [0, 0.05) is 12.8 Å². The molecule has 1 atom stereocenters. The van der Waals surface area contributed by atoms with Gasteiger partial charge in [0.15, 0.2) is 0 Å². The van der Waals surface area contributed by atoms with Gasteiger partial charge in [-0.2, -0.15) is 0 Å². The van der Waals surface area contributed by atoms with E-state index in [1.165, 1.54) is 0 Å². The van der Waals surface area contributed by atoms with Crippen molar-refractivity contribution in [2.45, 2.75) is 31.7 Å². The Kier molecular flexibility index (Phi) is 8.10. The largest absolute Gasteiger partial charge is 0.497 e. The molecule has 0 aliphatic carbocycles. The molecule has 8 heteroatoms. The summed E-state index contributed by atoms with van der Waals surface area (Å²) in [5, 5.41) is 11.4. The van der Waals surface area contributed by atoms with Gasteiger partial charge < -0.3 is 25.6 Å². The zero-order valence-electron chi connectivity index (χ0n) is 13.5. The van der Waals surface area contributed by atoms with Crippen LogP contribution in [0.25, 0.3) is 0 Å². The molecule has 0 saturated heterocycles. The summed E-state index contributed by atoms with van der Waals surface area (Å²) in [7, 11) is 1.57. The van der Waals surface area contributed by atoms with E-state index >= 15 is 0 Å². The van der Waals surface area contributed by atoms with E-state index in [1.807, 2.05) is 0 Å². The number of aliphatic carboxylic acids is 1. The molecule has 2 amide bonds. The standard InChI is InChI=1S/C16H22N2O6/c1-23-11-4-6-12(7-5-11)24-10-2-3-15(20)18-13(16(21)22)8-9-14(17)19/h4-7,13H,2-3,8-10H2,1H3,(H2,17,19)(H,18,20)(H,21,22). The van der Waals surface area contributed by atoms with Gasteiger partial charge in [-0.05, 0) is 37.1 Å². The Bertz CT molecular complexity index is 558. The second-order valence-electron chi connectivity index (χ2n) is 5.09. The molecule has 0 aliphatic rings. The topological polar surface area (TPSA) is 128 Å². The van der Waals surface area contributed by atoms with Gasteiger partial charge in [0.05, 0.1) is 13.7 Å². The van der Waals surface area contributed by atoms with E-state index in [1.54, 1.807) is 31.4 Å². The maximum absolute atomic E-state index is 11.7. The van der Waals surface area contributed by atoms with Crippen LogP contribution >= 0.6 is 0 Å². The minimum Gasteiger partial charge on any atom is -0.497 e. The van der Waals surface area contributed by atoms with Gasteiger partial charge in [0.2, 0.25) is 11.8 Å². The molecule has 1 unspecified atom stereocenters. The number of benzene rings is 1. The number of nitrogens with one attached hydrogen (secondary N) is 1. The maximum atomic E-state index is 11.7. The van der Waals surface area contributed by atoms with Crippen LogP contribution in [0.5, 0.6) is 11.5 Å². The van der Waals surface area contributed by atoms with Gasteiger partial charge in [-0.3, -0.25) is 9.59 Å². The second kappa shape index (κ2) is 10.1. The molecule has 0 spiro atoms. The molecule has 1 rings (SSSR count). The summed E-state index contributed by atoms with van der Waals surface area (Å²) < 4.78 is 10.5. The third kappa shape index (κ3) is 7.48. The van der Waals surface area contributed by atoms with Crippen LogP contribution in [0.1, 0.15) is 25.7 Å². The predicted octanol–water partition coefficient (Wildman–Crippen LogP) is 0.689. The second-order valence-corrected chi connectivity index (χ2v) is 5.09. The average molecular weight is 338 g/mol. The van der Waals surface area contributed by atoms with E-state index in [9.17, 15) is 14.4 Å². The van der Waals surface area contributed by atoms with Crippen molar-refractivity contribution in [1.29, 1.82) is 0 Å². The van der Waals surface area contributed by atoms with Gasteiger partial charge in [0.25, 0.3) is 0 Å². The van der Waals surface area contributed by atoms with Crippen LogP contribution in [0.3, 0.4) is 0 Å². The molecule has 0 bridgehead atoms. The summed E-state index contributed by atoms with van der Waals surface area (Å²) in [4.78, 5) is 33.4. The normalized spacial score (nSPS) is 11.4. The molecular weight excluding hydrogens is 316 g/mol. The molecule has 8 nitrogen and oxygen atoms in total. The number of hydrogen-bond donors (Lipinski definition) is 3. The Labute approximate surface area is 139 Å². The molecule has 0 fully saturated rings. The van der Waals surface area contributed by atoms with E-state index in [4.69, 9.17) is 20.3 Å². The highest BCUT2D eigenvalue weighted by atomic mass is 16.5. The van der Waals surface area contributed by atoms with Crippen molar-refractivity contribution in [3.63, 3.8) is 0 Å². The summed E-state index contributed by atoms with van der Waals surface area (Å²) in [6, 6.07) is 5.91. The Morgan fingerprint density at radius 1 is 1.17 bits per heavy atom. The average Bonchev–Trinajstić information content (AvgIpc) is 2.55. The lowest BCUT2D eigenvalue weighted by atomic mass is 10.1. The zero-order valence-corrected chi connectivity index (χ0v) is 13.5. The molecule has 24 heavy (non-hydrogen) atoms. The summed E-state index contributed by atoms with van der Waals surface area (Å²) in [6.45, 7) is 0.318. The van der Waals surface area contributed by atoms with Crippen molar-refractivity contribution in [3.05, 3.63) is 24.3 Å². The third-order valence-electron chi connectivity index (χ3n) is 3.19. The molecule has 4 N–H and O–H groups in total. The number of hydrogen-bond acceptors (Lipinski definition) is 5. The van der Waals surface area contributed by atoms with Gasteiger partial charge in [-0.1, -0.05) is 0 Å². The third-order valence-corrected chi connectivity index (χ3v) is 3.19. The number of carbonyl (C=O) groups is 3. The van der Waals surface area contributed by atoms with Crippen LogP contribution in [0.15, 0.2) is 24.3 Å². The zero-order chi connectivity index (χ0) is 17.9. The summed E-state index contributed by atoms with van der Waals surface area (Å²) in [5.41, 5.74) is 4.97. The Hall–Kier alpha value is -2.77. The highest BCUT2D eigenvalue weighted by molar-refractivity contribution is 5.84. The number of nitrogens with two attached hydrogens (primary N) is 1. The van der Waals surface area contributed by atoms with Crippen molar-refractivity contribution >= 4 is 17.8 Å². The number of rotatable bonds is 11. The van der Waals surface area contributed by atoms with Gasteiger partial charge in [-0.15, -0.1) is 0 Å². The molecular formula is C16H22N2O6. The van der Waals surface area contributed by atoms with Crippen molar-refractivity contribution in [3.8, 4) is 11.5 Å². The van der Waals surface area contributed by atoms with E-state index in [0.717, 1.165) is 5.75 Å². The first-order chi connectivity index (χ1) is 11.4. The first-order valence-electron chi connectivity index (χ1n) is 7.49. The van der Waals surface area contributed by atoms with Crippen LogP contribution in [0.4, 0.5) is 0 Å². The lowest BCUT2D eigenvalue weighted by molar-refractivity contribution is -0.142. The highest BCUT2D eigenvalue weighted by Crippen LogP contribution is 2.17. The highest BCUT2D eigenvalue weighted by Gasteiger charge is 2.20. The fraction of sp³-hybridized carbons (Fsp3) is 0.438. The minimum atomic E-state index is -1.20. The SMILES string of the molecule is COc1ccc(OCCCC(=O)NC(CCC(N)=O)C(=O)O)cc1. The predicted molar refractivity (Wildman–Crippen MR) is 85.7 cm³/mol. The first kappa shape index (κ1) is 19.3. The fourth-order valence-corrected chi connectivity index (χ4v) is 1.91.